The second-order valence-corrected chi connectivity index (χ2v) is 5.40. The van der Waals surface area contributed by atoms with Gasteiger partial charge in [-0.25, -0.2) is 0 Å². The third-order valence-corrected chi connectivity index (χ3v) is 3.78. The number of nitrogens with zero attached hydrogens (tertiary/aromatic N) is 2. The van der Waals surface area contributed by atoms with Crippen molar-refractivity contribution < 1.29 is 4.79 Å². The number of carbonyl (C=O) groups excluding carboxylic acids is 1. The summed E-state index contributed by atoms with van der Waals surface area (Å²) < 4.78 is 0. The highest BCUT2D eigenvalue weighted by molar-refractivity contribution is 5.94. The summed E-state index contributed by atoms with van der Waals surface area (Å²) in [6.07, 6.45) is 3.45. The van der Waals surface area contributed by atoms with E-state index in [0.29, 0.717) is 0 Å². The highest BCUT2D eigenvalue weighted by Gasteiger charge is 2.20. The van der Waals surface area contributed by atoms with Gasteiger partial charge in [-0.15, -0.1) is 0 Å². The highest BCUT2D eigenvalue weighted by Crippen LogP contribution is 2.12. The van der Waals surface area contributed by atoms with Crippen LogP contribution in [0, 0.1) is 0 Å². The number of benzene rings is 1. The van der Waals surface area contributed by atoms with E-state index < -0.39 is 0 Å². The lowest BCUT2D eigenvalue weighted by Crippen LogP contribution is -2.47. The van der Waals surface area contributed by atoms with Crippen molar-refractivity contribution in [3.8, 4) is 0 Å². The van der Waals surface area contributed by atoms with Gasteiger partial charge in [-0.3, -0.25) is 4.79 Å². The average molecular weight is 260 g/mol. The minimum atomic E-state index is 0.187. The van der Waals surface area contributed by atoms with Gasteiger partial charge in [0.1, 0.15) is 0 Å². The Morgan fingerprint density at radius 2 is 1.95 bits per heavy atom. The van der Waals surface area contributed by atoms with Gasteiger partial charge in [-0.1, -0.05) is 25.5 Å². The van der Waals surface area contributed by atoms with Crippen LogP contribution in [0.5, 0.6) is 0 Å². The number of hydrogen-bond acceptors (Lipinski definition) is 2. The van der Waals surface area contributed by atoms with Crippen molar-refractivity contribution in [3.05, 3.63) is 35.4 Å². The minimum Gasteiger partial charge on any atom is -0.336 e. The highest BCUT2D eigenvalue weighted by atomic mass is 16.2. The number of likely N-dealkylation sites (N-methyl/N-ethyl adjacent to an activating group) is 1. The smallest absolute Gasteiger partial charge is 0.253 e. The van der Waals surface area contributed by atoms with E-state index in [0.717, 1.165) is 38.2 Å². The van der Waals surface area contributed by atoms with Gasteiger partial charge in [0.2, 0.25) is 0 Å². The molecular formula is C16H24N2O. The van der Waals surface area contributed by atoms with Gasteiger partial charge in [-0.2, -0.15) is 0 Å². The Morgan fingerprint density at radius 3 is 2.63 bits per heavy atom. The molecule has 19 heavy (non-hydrogen) atoms. The molecule has 0 aliphatic carbocycles. The van der Waals surface area contributed by atoms with Gasteiger partial charge in [-0.05, 0) is 37.6 Å². The van der Waals surface area contributed by atoms with Crippen LogP contribution in [-0.2, 0) is 6.42 Å². The fourth-order valence-electron chi connectivity index (χ4n) is 2.43. The van der Waals surface area contributed by atoms with Crippen molar-refractivity contribution in [2.45, 2.75) is 26.2 Å². The zero-order valence-electron chi connectivity index (χ0n) is 12.1. The van der Waals surface area contributed by atoms with Crippen molar-refractivity contribution in [2.75, 3.05) is 33.2 Å². The maximum Gasteiger partial charge on any atom is 0.253 e. The maximum atomic E-state index is 12.4. The number of unbranched alkanes of at least 4 members (excludes halogenated alkanes) is 1. The Kier molecular flexibility index (Phi) is 4.97. The third kappa shape index (κ3) is 3.80. The Bertz CT molecular complexity index is 423. The maximum absolute atomic E-state index is 12.4. The second-order valence-electron chi connectivity index (χ2n) is 5.40. The molecule has 0 aromatic heterocycles. The standard InChI is InChI=1S/C16H24N2O/c1-3-4-6-14-7-5-8-15(13-14)16(19)18-11-9-17(2)10-12-18/h5,7-8,13H,3-4,6,9-12H2,1-2H3. The number of hydrogen-bond donors (Lipinski definition) is 0. The molecule has 2 rings (SSSR count). The summed E-state index contributed by atoms with van der Waals surface area (Å²) in [4.78, 5) is 16.7. The normalized spacial score (nSPS) is 16.6. The molecule has 3 nitrogen and oxygen atoms in total. The predicted molar refractivity (Wildman–Crippen MR) is 78.5 cm³/mol. The van der Waals surface area contributed by atoms with Crippen molar-refractivity contribution in [1.29, 1.82) is 0 Å². The lowest BCUT2D eigenvalue weighted by molar-refractivity contribution is 0.0664. The van der Waals surface area contributed by atoms with E-state index in [1.54, 1.807) is 0 Å². The van der Waals surface area contributed by atoms with Gasteiger partial charge in [0.25, 0.3) is 5.91 Å². The SMILES string of the molecule is CCCCc1cccc(C(=O)N2CCN(C)CC2)c1. The summed E-state index contributed by atoms with van der Waals surface area (Å²) in [6, 6.07) is 8.14. The zero-order valence-corrected chi connectivity index (χ0v) is 12.1. The van der Waals surface area contributed by atoms with Crippen LogP contribution in [0.4, 0.5) is 0 Å². The fraction of sp³-hybridized carbons (Fsp3) is 0.562. The molecule has 1 aliphatic heterocycles. The van der Waals surface area contributed by atoms with E-state index >= 15 is 0 Å². The van der Waals surface area contributed by atoms with Crippen LogP contribution in [0.25, 0.3) is 0 Å². The summed E-state index contributed by atoms with van der Waals surface area (Å²) >= 11 is 0. The molecule has 1 fully saturated rings. The molecule has 104 valence electrons. The van der Waals surface area contributed by atoms with E-state index in [9.17, 15) is 4.79 Å². The Morgan fingerprint density at radius 1 is 1.21 bits per heavy atom. The molecule has 1 aromatic rings. The van der Waals surface area contributed by atoms with Gasteiger partial charge >= 0.3 is 0 Å². The fourth-order valence-corrected chi connectivity index (χ4v) is 2.43. The summed E-state index contributed by atoms with van der Waals surface area (Å²) in [5, 5.41) is 0. The third-order valence-electron chi connectivity index (χ3n) is 3.78. The van der Waals surface area contributed by atoms with Crippen molar-refractivity contribution in [1.82, 2.24) is 9.80 Å². The van der Waals surface area contributed by atoms with Crippen LogP contribution in [0.3, 0.4) is 0 Å². The van der Waals surface area contributed by atoms with Crippen LogP contribution in [0.1, 0.15) is 35.7 Å². The van der Waals surface area contributed by atoms with Gasteiger partial charge in [0, 0.05) is 31.7 Å². The molecule has 1 aromatic carbocycles. The summed E-state index contributed by atoms with van der Waals surface area (Å²) in [5.41, 5.74) is 2.12. The molecule has 0 unspecified atom stereocenters. The Labute approximate surface area is 116 Å². The molecule has 0 N–H and O–H groups in total. The van der Waals surface area contributed by atoms with Gasteiger partial charge < -0.3 is 9.80 Å². The molecular weight excluding hydrogens is 236 g/mol. The van der Waals surface area contributed by atoms with Crippen molar-refractivity contribution in [2.24, 2.45) is 0 Å². The molecule has 3 heteroatoms. The van der Waals surface area contributed by atoms with Crippen molar-refractivity contribution >= 4 is 5.91 Å². The Balaban J connectivity index is 2.02. The molecule has 1 amide bonds. The summed E-state index contributed by atoms with van der Waals surface area (Å²) in [7, 11) is 2.10. The molecule has 1 saturated heterocycles. The number of amides is 1. The van der Waals surface area contributed by atoms with E-state index in [1.165, 1.54) is 18.4 Å². The van der Waals surface area contributed by atoms with E-state index in [1.807, 2.05) is 17.0 Å². The average Bonchev–Trinajstić information content (AvgIpc) is 2.45. The first-order valence-corrected chi connectivity index (χ1v) is 7.27. The number of carbonyl (C=O) groups is 1. The van der Waals surface area contributed by atoms with E-state index in [2.05, 4.69) is 31.0 Å². The number of rotatable bonds is 4. The van der Waals surface area contributed by atoms with Crippen LogP contribution < -0.4 is 0 Å². The van der Waals surface area contributed by atoms with Crippen LogP contribution >= 0.6 is 0 Å². The van der Waals surface area contributed by atoms with Crippen LogP contribution in [-0.4, -0.2) is 48.9 Å². The largest absolute Gasteiger partial charge is 0.336 e. The Hall–Kier alpha value is -1.35. The minimum absolute atomic E-state index is 0.187. The first kappa shape index (κ1) is 14.1. The predicted octanol–water partition coefficient (Wildman–Crippen LogP) is 2.42. The molecule has 1 heterocycles. The molecule has 0 saturated carbocycles. The molecule has 0 atom stereocenters. The topological polar surface area (TPSA) is 23.6 Å². The number of aryl methyl sites for hydroxylation is 1. The first-order chi connectivity index (χ1) is 9.20. The monoisotopic (exact) mass is 260 g/mol. The van der Waals surface area contributed by atoms with E-state index in [4.69, 9.17) is 0 Å². The molecule has 1 aliphatic rings. The summed E-state index contributed by atoms with van der Waals surface area (Å²) in [6.45, 7) is 5.82. The quantitative estimate of drug-likeness (QED) is 0.830. The zero-order chi connectivity index (χ0) is 13.7. The number of piperazine rings is 1. The van der Waals surface area contributed by atoms with E-state index in [-0.39, 0.29) is 5.91 Å². The molecule has 0 spiro atoms. The summed E-state index contributed by atoms with van der Waals surface area (Å²) in [5.74, 6) is 0.187. The van der Waals surface area contributed by atoms with Crippen LogP contribution in [0.15, 0.2) is 24.3 Å². The lowest BCUT2D eigenvalue weighted by Gasteiger charge is -2.32. The van der Waals surface area contributed by atoms with Crippen LogP contribution in [0.2, 0.25) is 0 Å². The van der Waals surface area contributed by atoms with Gasteiger partial charge in [0.05, 0.1) is 0 Å². The van der Waals surface area contributed by atoms with Gasteiger partial charge in [0.15, 0.2) is 0 Å². The molecule has 0 bridgehead atoms. The van der Waals surface area contributed by atoms with Crippen molar-refractivity contribution in [3.63, 3.8) is 0 Å². The second kappa shape index (κ2) is 6.71. The first-order valence-electron chi connectivity index (χ1n) is 7.27. The molecule has 0 radical (unpaired) electrons. The lowest BCUT2D eigenvalue weighted by atomic mass is 10.0.